The molecule has 1 aromatic carbocycles. The van der Waals surface area contributed by atoms with Gasteiger partial charge in [0.25, 0.3) is 0 Å². The van der Waals surface area contributed by atoms with Crippen molar-refractivity contribution in [1.29, 1.82) is 0 Å². The first-order valence-corrected chi connectivity index (χ1v) is 6.83. The lowest BCUT2D eigenvalue weighted by Gasteiger charge is -2.10. The number of carbonyl (C=O) groups excluding carboxylic acids is 1. The predicted octanol–water partition coefficient (Wildman–Crippen LogP) is 4.31. The summed E-state index contributed by atoms with van der Waals surface area (Å²) in [7, 11) is 0. The molecule has 1 aromatic heterocycles. The maximum absolute atomic E-state index is 13.7. The van der Waals surface area contributed by atoms with E-state index in [0.717, 1.165) is 17.0 Å². The number of alkyl halides is 3. The summed E-state index contributed by atoms with van der Waals surface area (Å²) >= 11 is 1.47. The SMILES string of the molecule is O=C(OCCc1cccs1)c1cccc(C(F)(F)F)c1F. The highest BCUT2D eigenvalue weighted by atomic mass is 32.1. The summed E-state index contributed by atoms with van der Waals surface area (Å²) in [6.45, 7) is -0.0188. The van der Waals surface area contributed by atoms with Gasteiger partial charge >= 0.3 is 12.1 Å². The largest absolute Gasteiger partial charge is 0.462 e. The molecule has 0 bridgehead atoms. The van der Waals surface area contributed by atoms with Crippen LogP contribution in [0.5, 0.6) is 0 Å². The molecule has 0 spiro atoms. The van der Waals surface area contributed by atoms with E-state index in [1.54, 1.807) is 0 Å². The second-order valence-electron chi connectivity index (χ2n) is 4.13. The number of ether oxygens (including phenoxy) is 1. The van der Waals surface area contributed by atoms with Gasteiger partial charge in [0.05, 0.1) is 17.7 Å². The molecule has 0 aliphatic heterocycles. The smallest absolute Gasteiger partial charge is 0.419 e. The van der Waals surface area contributed by atoms with Crippen molar-refractivity contribution >= 4 is 17.3 Å². The van der Waals surface area contributed by atoms with Gasteiger partial charge in [-0.05, 0) is 23.6 Å². The van der Waals surface area contributed by atoms with Crippen molar-refractivity contribution in [2.45, 2.75) is 12.6 Å². The van der Waals surface area contributed by atoms with Crippen molar-refractivity contribution in [3.05, 3.63) is 57.5 Å². The van der Waals surface area contributed by atoms with Crippen LogP contribution in [-0.4, -0.2) is 12.6 Å². The standard InChI is InChI=1S/C14H10F4O2S/c15-12-10(4-1-5-11(12)14(16,17)18)13(19)20-7-6-9-3-2-8-21-9/h1-5,8H,6-7H2. The highest BCUT2D eigenvalue weighted by molar-refractivity contribution is 7.09. The second kappa shape index (κ2) is 6.26. The number of hydrogen-bond acceptors (Lipinski definition) is 3. The molecule has 0 N–H and O–H groups in total. The van der Waals surface area contributed by atoms with Crippen LogP contribution >= 0.6 is 11.3 Å². The van der Waals surface area contributed by atoms with E-state index in [2.05, 4.69) is 0 Å². The Morgan fingerprint density at radius 1 is 1.19 bits per heavy atom. The minimum atomic E-state index is -4.85. The lowest BCUT2D eigenvalue weighted by Crippen LogP contribution is -2.15. The molecular formula is C14H10F4O2S. The first-order valence-electron chi connectivity index (χ1n) is 5.95. The quantitative estimate of drug-likeness (QED) is 0.620. The number of rotatable bonds is 4. The van der Waals surface area contributed by atoms with Crippen LogP contribution in [0.3, 0.4) is 0 Å². The Morgan fingerprint density at radius 2 is 1.95 bits per heavy atom. The van der Waals surface area contributed by atoms with Crippen LogP contribution in [-0.2, 0) is 17.3 Å². The zero-order valence-corrected chi connectivity index (χ0v) is 11.4. The van der Waals surface area contributed by atoms with Gasteiger partial charge in [-0.2, -0.15) is 13.2 Å². The van der Waals surface area contributed by atoms with Gasteiger partial charge in [-0.1, -0.05) is 12.1 Å². The van der Waals surface area contributed by atoms with Gasteiger partial charge in [-0.25, -0.2) is 9.18 Å². The topological polar surface area (TPSA) is 26.3 Å². The van der Waals surface area contributed by atoms with Crippen LogP contribution in [0.15, 0.2) is 35.7 Å². The van der Waals surface area contributed by atoms with E-state index in [1.807, 2.05) is 17.5 Å². The molecule has 112 valence electrons. The summed E-state index contributed by atoms with van der Waals surface area (Å²) in [5.74, 6) is -2.71. The van der Waals surface area contributed by atoms with Crippen molar-refractivity contribution in [2.24, 2.45) is 0 Å². The summed E-state index contributed by atoms with van der Waals surface area (Å²) in [5, 5.41) is 1.85. The van der Waals surface area contributed by atoms with Crippen molar-refractivity contribution in [3.8, 4) is 0 Å². The Morgan fingerprint density at radius 3 is 2.57 bits per heavy atom. The lowest BCUT2D eigenvalue weighted by molar-refractivity contribution is -0.140. The van der Waals surface area contributed by atoms with Gasteiger partial charge in [0.2, 0.25) is 0 Å². The van der Waals surface area contributed by atoms with Crippen molar-refractivity contribution < 1.29 is 27.1 Å². The summed E-state index contributed by atoms with van der Waals surface area (Å²) in [6.07, 6.45) is -4.42. The molecule has 2 nitrogen and oxygen atoms in total. The van der Waals surface area contributed by atoms with Crippen LogP contribution < -0.4 is 0 Å². The van der Waals surface area contributed by atoms with Gasteiger partial charge in [0.1, 0.15) is 5.82 Å². The summed E-state index contributed by atoms with van der Waals surface area (Å²) in [6, 6.07) is 6.19. The van der Waals surface area contributed by atoms with Crippen LogP contribution in [0.25, 0.3) is 0 Å². The van der Waals surface area contributed by atoms with E-state index in [1.165, 1.54) is 11.3 Å². The van der Waals surface area contributed by atoms with E-state index in [9.17, 15) is 22.4 Å². The molecule has 0 radical (unpaired) electrons. The van der Waals surface area contributed by atoms with Gasteiger partial charge in [0.15, 0.2) is 0 Å². The Kier molecular flexibility index (Phi) is 4.62. The maximum atomic E-state index is 13.7. The maximum Gasteiger partial charge on any atom is 0.419 e. The van der Waals surface area contributed by atoms with Gasteiger partial charge in [-0.3, -0.25) is 0 Å². The van der Waals surface area contributed by atoms with Crippen molar-refractivity contribution in [1.82, 2.24) is 0 Å². The number of esters is 1. The number of hydrogen-bond donors (Lipinski definition) is 0. The van der Waals surface area contributed by atoms with Gasteiger partial charge < -0.3 is 4.74 Å². The average Bonchev–Trinajstić information content (AvgIpc) is 2.90. The third kappa shape index (κ3) is 3.81. The molecule has 0 saturated carbocycles. The van der Waals surface area contributed by atoms with Crippen molar-refractivity contribution in [3.63, 3.8) is 0 Å². The minimum absolute atomic E-state index is 0.0188. The number of thiophene rings is 1. The minimum Gasteiger partial charge on any atom is -0.462 e. The third-order valence-corrected chi connectivity index (χ3v) is 3.62. The molecule has 0 aliphatic rings. The molecule has 0 amide bonds. The normalized spacial score (nSPS) is 11.4. The zero-order valence-electron chi connectivity index (χ0n) is 10.6. The van der Waals surface area contributed by atoms with Crippen molar-refractivity contribution in [2.75, 3.05) is 6.61 Å². The van der Waals surface area contributed by atoms with Crippen LogP contribution in [0.4, 0.5) is 17.6 Å². The monoisotopic (exact) mass is 318 g/mol. The lowest BCUT2D eigenvalue weighted by atomic mass is 10.1. The number of benzene rings is 1. The Hall–Kier alpha value is -1.89. The van der Waals surface area contributed by atoms with E-state index < -0.39 is 29.1 Å². The number of halogens is 4. The average molecular weight is 318 g/mol. The Labute approximate surface area is 122 Å². The predicted molar refractivity (Wildman–Crippen MR) is 69.7 cm³/mol. The van der Waals surface area contributed by atoms with E-state index >= 15 is 0 Å². The first-order chi connectivity index (χ1) is 9.89. The molecule has 0 atom stereocenters. The Bertz CT molecular complexity index is 620. The molecule has 0 unspecified atom stereocenters. The van der Waals surface area contributed by atoms with Crippen LogP contribution in [0, 0.1) is 5.82 Å². The molecule has 7 heteroatoms. The highest BCUT2D eigenvalue weighted by Crippen LogP contribution is 2.32. The molecule has 2 rings (SSSR count). The van der Waals surface area contributed by atoms with E-state index in [0.29, 0.717) is 12.5 Å². The van der Waals surface area contributed by atoms with Gasteiger partial charge in [-0.15, -0.1) is 11.3 Å². The number of carbonyl (C=O) groups is 1. The molecule has 0 fully saturated rings. The fourth-order valence-corrected chi connectivity index (χ4v) is 2.38. The summed E-state index contributed by atoms with van der Waals surface area (Å²) in [5.41, 5.74) is -2.19. The highest BCUT2D eigenvalue weighted by Gasteiger charge is 2.35. The molecule has 1 heterocycles. The van der Waals surface area contributed by atoms with Crippen LogP contribution in [0.1, 0.15) is 20.8 Å². The fourth-order valence-electron chi connectivity index (χ4n) is 1.69. The third-order valence-electron chi connectivity index (χ3n) is 2.69. The molecule has 21 heavy (non-hydrogen) atoms. The zero-order chi connectivity index (χ0) is 15.5. The molecule has 0 saturated heterocycles. The summed E-state index contributed by atoms with van der Waals surface area (Å²) in [4.78, 5) is 12.6. The molecular weight excluding hydrogens is 308 g/mol. The molecule has 0 aliphatic carbocycles. The first kappa shape index (κ1) is 15.5. The fraction of sp³-hybridized carbons (Fsp3) is 0.214. The van der Waals surface area contributed by atoms with Gasteiger partial charge in [0, 0.05) is 11.3 Å². The molecule has 2 aromatic rings. The van der Waals surface area contributed by atoms with E-state index in [-0.39, 0.29) is 6.61 Å². The van der Waals surface area contributed by atoms with Crippen LogP contribution in [0.2, 0.25) is 0 Å². The van der Waals surface area contributed by atoms with E-state index in [4.69, 9.17) is 4.74 Å². The Balaban J connectivity index is 2.05. The second-order valence-corrected chi connectivity index (χ2v) is 5.16. The summed E-state index contributed by atoms with van der Waals surface area (Å²) < 4.78 is 56.1.